The Hall–Kier alpha value is -2.00. The number of methoxy groups -OCH3 is 1. The van der Waals surface area contributed by atoms with E-state index >= 15 is 0 Å². The van der Waals surface area contributed by atoms with Crippen molar-refractivity contribution in [1.29, 1.82) is 0 Å². The molecule has 0 spiro atoms. The fourth-order valence-corrected chi connectivity index (χ4v) is 1.95. The fraction of sp³-hybridized carbons (Fsp3) is 0.250. The van der Waals surface area contributed by atoms with E-state index in [9.17, 15) is 0 Å². The molecular formula is C16H19NO2. The molecule has 0 aromatic heterocycles. The summed E-state index contributed by atoms with van der Waals surface area (Å²) >= 11 is 0. The SMILES string of the molecule is COc1ccc(CN)cc1COc1ccccc1C. The highest BCUT2D eigenvalue weighted by atomic mass is 16.5. The molecular weight excluding hydrogens is 238 g/mol. The maximum absolute atomic E-state index is 5.84. The minimum Gasteiger partial charge on any atom is -0.496 e. The lowest BCUT2D eigenvalue weighted by Crippen LogP contribution is -2.03. The predicted octanol–water partition coefficient (Wildman–Crippen LogP) is 3.04. The number of hydrogen-bond acceptors (Lipinski definition) is 3. The van der Waals surface area contributed by atoms with E-state index in [1.807, 2.05) is 49.4 Å². The summed E-state index contributed by atoms with van der Waals surface area (Å²) in [5.41, 5.74) is 8.86. The topological polar surface area (TPSA) is 44.5 Å². The van der Waals surface area contributed by atoms with Crippen LogP contribution in [-0.2, 0) is 13.2 Å². The summed E-state index contributed by atoms with van der Waals surface area (Å²) in [6.07, 6.45) is 0. The van der Waals surface area contributed by atoms with Gasteiger partial charge in [0.1, 0.15) is 18.1 Å². The van der Waals surface area contributed by atoms with Crippen LogP contribution in [0.4, 0.5) is 0 Å². The van der Waals surface area contributed by atoms with Gasteiger partial charge in [-0.15, -0.1) is 0 Å². The summed E-state index contributed by atoms with van der Waals surface area (Å²) in [5, 5.41) is 0. The third kappa shape index (κ3) is 3.26. The third-order valence-electron chi connectivity index (χ3n) is 3.06. The molecule has 3 heteroatoms. The summed E-state index contributed by atoms with van der Waals surface area (Å²) in [6.45, 7) is 3.02. The Morgan fingerprint density at radius 3 is 2.53 bits per heavy atom. The normalized spacial score (nSPS) is 10.3. The maximum Gasteiger partial charge on any atom is 0.125 e. The van der Waals surface area contributed by atoms with E-state index in [2.05, 4.69) is 0 Å². The first-order valence-corrected chi connectivity index (χ1v) is 6.29. The van der Waals surface area contributed by atoms with Crippen LogP contribution in [0, 0.1) is 6.92 Å². The minimum atomic E-state index is 0.474. The Bertz CT molecular complexity index is 552. The first kappa shape index (κ1) is 13.4. The highest BCUT2D eigenvalue weighted by Gasteiger charge is 2.06. The molecule has 0 saturated heterocycles. The first-order valence-electron chi connectivity index (χ1n) is 6.29. The van der Waals surface area contributed by atoms with E-state index in [0.717, 1.165) is 28.2 Å². The van der Waals surface area contributed by atoms with Gasteiger partial charge in [-0.25, -0.2) is 0 Å². The molecule has 0 radical (unpaired) electrons. The summed E-state index contributed by atoms with van der Waals surface area (Å²) in [5.74, 6) is 1.72. The average Bonchev–Trinajstić information content (AvgIpc) is 2.46. The Kier molecular flexibility index (Phi) is 4.42. The lowest BCUT2D eigenvalue weighted by Gasteiger charge is -2.13. The molecule has 0 aliphatic carbocycles. The fourth-order valence-electron chi connectivity index (χ4n) is 1.95. The number of ether oxygens (including phenoxy) is 2. The maximum atomic E-state index is 5.84. The van der Waals surface area contributed by atoms with Gasteiger partial charge in [0.2, 0.25) is 0 Å². The summed E-state index contributed by atoms with van der Waals surface area (Å²) in [4.78, 5) is 0. The Labute approximate surface area is 114 Å². The van der Waals surface area contributed by atoms with Crippen molar-refractivity contribution in [2.75, 3.05) is 7.11 Å². The summed E-state index contributed by atoms with van der Waals surface area (Å²) in [7, 11) is 1.66. The van der Waals surface area contributed by atoms with Crippen molar-refractivity contribution in [1.82, 2.24) is 0 Å². The molecule has 0 atom stereocenters. The minimum absolute atomic E-state index is 0.474. The van der Waals surface area contributed by atoms with Crippen molar-refractivity contribution in [3.05, 3.63) is 59.2 Å². The smallest absolute Gasteiger partial charge is 0.125 e. The molecule has 0 aliphatic rings. The van der Waals surface area contributed by atoms with Crippen molar-refractivity contribution in [3.63, 3.8) is 0 Å². The second-order valence-electron chi connectivity index (χ2n) is 4.40. The largest absolute Gasteiger partial charge is 0.496 e. The van der Waals surface area contributed by atoms with Gasteiger partial charge in [0, 0.05) is 12.1 Å². The molecule has 0 bridgehead atoms. The van der Waals surface area contributed by atoms with Gasteiger partial charge in [0.05, 0.1) is 7.11 Å². The van der Waals surface area contributed by atoms with Crippen molar-refractivity contribution in [2.24, 2.45) is 5.73 Å². The Morgan fingerprint density at radius 1 is 1.05 bits per heavy atom. The number of nitrogens with two attached hydrogens (primary N) is 1. The van der Waals surface area contributed by atoms with Gasteiger partial charge >= 0.3 is 0 Å². The number of benzene rings is 2. The number of rotatable bonds is 5. The van der Waals surface area contributed by atoms with Crippen LogP contribution < -0.4 is 15.2 Å². The predicted molar refractivity (Wildman–Crippen MR) is 76.4 cm³/mol. The van der Waals surface area contributed by atoms with Gasteiger partial charge in [0.25, 0.3) is 0 Å². The van der Waals surface area contributed by atoms with Crippen LogP contribution >= 0.6 is 0 Å². The highest BCUT2D eigenvalue weighted by molar-refractivity contribution is 5.38. The zero-order valence-electron chi connectivity index (χ0n) is 11.3. The number of para-hydroxylation sites is 1. The third-order valence-corrected chi connectivity index (χ3v) is 3.06. The van der Waals surface area contributed by atoms with Gasteiger partial charge in [-0.05, 0) is 36.2 Å². The highest BCUT2D eigenvalue weighted by Crippen LogP contribution is 2.23. The average molecular weight is 257 g/mol. The van der Waals surface area contributed by atoms with Crippen LogP contribution in [0.2, 0.25) is 0 Å². The zero-order valence-corrected chi connectivity index (χ0v) is 11.3. The molecule has 0 saturated carbocycles. The lowest BCUT2D eigenvalue weighted by molar-refractivity contribution is 0.294. The molecule has 3 nitrogen and oxygen atoms in total. The molecule has 2 aromatic carbocycles. The molecule has 100 valence electrons. The van der Waals surface area contributed by atoms with Gasteiger partial charge in [0.15, 0.2) is 0 Å². The first-order chi connectivity index (χ1) is 9.24. The van der Waals surface area contributed by atoms with E-state index in [1.54, 1.807) is 7.11 Å². The van der Waals surface area contributed by atoms with Gasteiger partial charge in [-0.3, -0.25) is 0 Å². The molecule has 0 fully saturated rings. The number of hydrogen-bond donors (Lipinski definition) is 1. The van der Waals surface area contributed by atoms with E-state index in [-0.39, 0.29) is 0 Å². The summed E-state index contributed by atoms with van der Waals surface area (Å²) < 4.78 is 11.2. The van der Waals surface area contributed by atoms with Gasteiger partial charge < -0.3 is 15.2 Å². The van der Waals surface area contributed by atoms with Crippen molar-refractivity contribution in [2.45, 2.75) is 20.1 Å². The van der Waals surface area contributed by atoms with Crippen LogP contribution in [-0.4, -0.2) is 7.11 Å². The van der Waals surface area contributed by atoms with Crippen LogP contribution in [0.25, 0.3) is 0 Å². The molecule has 2 N–H and O–H groups in total. The standard InChI is InChI=1S/C16H19NO2/c1-12-5-3-4-6-15(12)19-11-14-9-13(10-17)7-8-16(14)18-2/h3-9H,10-11,17H2,1-2H3. The summed E-state index contributed by atoms with van der Waals surface area (Å²) in [6, 6.07) is 13.9. The van der Waals surface area contributed by atoms with Crippen molar-refractivity contribution >= 4 is 0 Å². The molecule has 2 rings (SSSR count). The van der Waals surface area contributed by atoms with Crippen molar-refractivity contribution in [3.8, 4) is 11.5 Å². The van der Waals surface area contributed by atoms with E-state index in [0.29, 0.717) is 13.2 Å². The molecule has 0 amide bonds. The monoisotopic (exact) mass is 257 g/mol. The van der Waals surface area contributed by atoms with Crippen LogP contribution in [0.15, 0.2) is 42.5 Å². The van der Waals surface area contributed by atoms with Gasteiger partial charge in [-0.2, -0.15) is 0 Å². The zero-order chi connectivity index (χ0) is 13.7. The molecule has 0 heterocycles. The Morgan fingerprint density at radius 2 is 1.84 bits per heavy atom. The second-order valence-corrected chi connectivity index (χ2v) is 4.40. The van der Waals surface area contributed by atoms with Crippen LogP contribution in [0.5, 0.6) is 11.5 Å². The van der Waals surface area contributed by atoms with Crippen LogP contribution in [0.3, 0.4) is 0 Å². The number of aryl methyl sites for hydroxylation is 1. The Balaban J connectivity index is 2.16. The van der Waals surface area contributed by atoms with E-state index in [4.69, 9.17) is 15.2 Å². The van der Waals surface area contributed by atoms with Crippen LogP contribution in [0.1, 0.15) is 16.7 Å². The molecule has 2 aromatic rings. The van der Waals surface area contributed by atoms with E-state index in [1.165, 1.54) is 0 Å². The molecule has 19 heavy (non-hydrogen) atoms. The van der Waals surface area contributed by atoms with Crippen molar-refractivity contribution < 1.29 is 9.47 Å². The second kappa shape index (κ2) is 6.25. The van der Waals surface area contributed by atoms with E-state index < -0.39 is 0 Å². The van der Waals surface area contributed by atoms with Gasteiger partial charge in [-0.1, -0.05) is 24.3 Å². The molecule has 0 unspecified atom stereocenters. The quantitative estimate of drug-likeness (QED) is 0.895. The lowest BCUT2D eigenvalue weighted by atomic mass is 10.1. The molecule has 0 aliphatic heterocycles.